The van der Waals surface area contributed by atoms with Crippen LogP contribution in [0.4, 0.5) is 4.39 Å². The van der Waals surface area contributed by atoms with Crippen molar-refractivity contribution in [2.75, 3.05) is 0 Å². The Morgan fingerprint density at radius 2 is 1.65 bits per heavy atom. The molecule has 0 bridgehead atoms. The predicted octanol–water partition coefficient (Wildman–Crippen LogP) is 1.83. The monoisotopic (exact) mass is 250 g/mol. The van der Waals surface area contributed by atoms with Crippen LogP contribution in [-0.2, 0) is 0 Å². The molecule has 0 saturated carbocycles. The Labute approximate surface area is 103 Å². The van der Waals surface area contributed by atoms with Crippen molar-refractivity contribution < 1.29 is 14.4 Å². The molecule has 5 heteroatoms. The van der Waals surface area contributed by atoms with E-state index < -0.39 is 12.9 Å². The van der Waals surface area contributed by atoms with Gasteiger partial charge in [-0.1, -0.05) is 48.0 Å². The first-order chi connectivity index (χ1) is 8.11. The van der Waals surface area contributed by atoms with Crippen molar-refractivity contribution in [1.29, 1.82) is 0 Å². The van der Waals surface area contributed by atoms with Crippen LogP contribution in [0.2, 0.25) is 5.02 Å². The molecular weight excluding hydrogens is 241 g/mol. The van der Waals surface area contributed by atoms with E-state index in [9.17, 15) is 4.39 Å². The molecule has 0 atom stereocenters. The molecule has 0 amide bonds. The summed E-state index contributed by atoms with van der Waals surface area (Å²) in [5, 5.41) is 18.2. The summed E-state index contributed by atoms with van der Waals surface area (Å²) in [6.07, 6.45) is 0. The summed E-state index contributed by atoms with van der Waals surface area (Å²) in [7, 11) is -1.92. The Kier molecular flexibility index (Phi) is 3.47. The minimum absolute atomic E-state index is 0.0196. The van der Waals surface area contributed by atoms with Gasteiger partial charge in [0.05, 0.1) is 5.02 Å². The quantitative estimate of drug-likeness (QED) is 0.798. The predicted molar refractivity (Wildman–Crippen MR) is 66.7 cm³/mol. The fourth-order valence-corrected chi connectivity index (χ4v) is 2.01. The second kappa shape index (κ2) is 4.88. The summed E-state index contributed by atoms with van der Waals surface area (Å²) < 4.78 is 13.4. The Balaban J connectivity index is 2.62. The zero-order valence-corrected chi connectivity index (χ0v) is 9.53. The van der Waals surface area contributed by atoms with E-state index in [4.69, 9.17) is 21.6 Å². The third kappa shape index (κ3) is 2.34. The largest absolute Gasteiger partial charge is 0.493 e. The molecule has 0 saturated heterocycles. The number of halogens is 2. The highest BCUT2D eigenvalue weighted by Gasteiger charge is 2.22. The van der Waals surface area contributed by atoms with E-state index in [0.717, 1.165) is 5.56 Å². The highest BCUT2D eigenvalue weighted by molar-refractivity contribution is 6.63. The van der Waals surface area contributed by atoms with E-state index in [1.165, 1.54) is 12.1 Å². The molecule has 2 aromatic rings. The van der Waals surface area contributed by atoms with Crippen LogP contribution < -0.4 is 5.46 Å². The average Bonchev–Trinajstić information content (AvgIpc) is 2.30. The van der Waals surface area contributed by atoms with Gasteiger partial charge in [-0.15, -0.1) is 0 Å². The summed E-state index contributed by atoms with van der Waals surface area (Å²) in [6, 6.07) is 11.8. The first kappa shape index (κ1) is 12.1. The Morgan fingerprint density at radius 3 is 2.24 bits per heavy atom. The molecule has 0 unspecified atom stereocenters. The smallest absolute Gasteiger partial charge is 0.423 e. The summed E-state index contributed by atoms with van der Waals surface area (Å²) >= 11 is 5.98. The second-order valence-corrected chi connectivity index (χ2v) is 3.94. The number of hydrogen-bond acceptors (Lipinski definition) is 2. The van der Waals surface area contributed by atoms with Crippen LogP contribution in [0.5, 0.6) is 0 Å². The highest BCUT2D eigenvalue weighted by Crippen LogP contribution is 2.27. The van der Waals surface area contributed by atoms with Crippen molar-refractivity contribution >= 4 is 24.2 Å². The van der Waals surface area contributed by atoms with Gasteiger partial charge in [-0.05, 0) is 11.6 Å². The molecule has 17 heavy (non-hydrogen) atoms. The van der Waals surface area contributed by atoms with Crippen LogP contribution >= 0.6 is 11.6 Å². The maximum atomic E-state index is 13.4. The van der Waals surface area contributed by atoms with Crippen LogP contribution in [0, 0.1) is 5.82 Å². The number of benzene rings is 2. The molecule has 86 valence electrons. The number of hydrogen-bond donors (Lipinski definition) is 2. The molecule has 0 heterocycles. The summed E-state index contributed by atoms with van der Waals surface area (Å²) in [4.78, 5) is 0. The molecule has 2 N–H and O–H groups in total. The van der Waals surface area contributed by atoms with Crippen LogP contribution in [0.25, 0.3) is 11.1 Å². The molecule has 0 fully saturated rings. The van der Waals surface area contributed by atoms with Gasteiger partial charge in [-0.25, -0.2) is 4.39 Å². The van der Waals surface area contributed by atoms with E-state index in [2.05, 4.69) is 0 Å². The van der Waals surface area contributed by atoms with Gasteiger partial charge in [0.25, 0.3) is 0 Å². The van der Waals surface area contributed by atoms with Gasteiger partial charge in [-0.3, -0.25) is 0 Å². The minimum atomic E-state index is -1.92. The summed E-state index contributed by atoms with van der Waals surface area (Å²) in [6.45, 7) is 0. The first-order valence-corrected chi connectivity index (χ1v) is 5.38. The Bertz CT molecular complexity index is 532. The molecular formula is C12H9BClFO2. The molecule has 0 aliphatic heterocycles. The fraction of sp³-hybridized carbons (Fsp3) is 0. The standard InChI is InChI=1S/C12H9BClFO2/c14-12-9(8-4-2-1-3-5-8)6-7-10(15)11(12)13(16)17/h1-7,16-17H. The van der Waals surface area contributed by atoms with Crippen molar-refractivity contribution in [3.63, 3.8) is 0 Å². The van der Waals surface area contributed by atoms with Gasteiger partial charge in [0.2, 0.25) is 0 Å². The van der Waals surface area contributed by atoms with E-state index in [-0.39, 0.29) is 10.5 Å². The molecule has 2 nitrogen and oxygen atoms in total. The lowest BCUT2D eigenvalue weighted by Gasteiger charge is -2.10. The van der Waals surface area contributed by atoms with E-state index in [0.29, 0.717) is 5.56 Å². The molecule has 0 aliphatic carbocycles. The van der Waals surface area contributed by atoms with Gasteiger partial charge in [-0.2, -0.15) is 0 Å². The van der Waals surface area contributed by atoms with Crippen molar-refractivity contribution in [1.82, 2.24) is 0 Å². The zero-order valence-electron chi connectivity index (χ0n) is 8.77. The number of rotatable bonds is 2. The van der Waals surface area contributed by atoms with E-state index in [1.54, 1.807) is 0 Å². The molecule has 0 spiro atoms. The molecule has 0 aliphatic rings. The van der Waals surface area contributed by atoms with Crippen molar-refractivity contribution in [3.8, 4) is 11.1 Å². The van der Waals surface area contributed by atoms with Gasteiger partial charge in [0.15, 0.2) is 0 Å². The lowest BCUT2D eigenvalue weighted by Crippen LogP contribution is -2.34. The average molecular weight is 250 g/mol. The van der Waals surface area contributed by atoms with Crippen LogP contribution in [-0.4, -0.2) is 17.2 Å². The maximum Gasteiger partial charge on any atom is 0.493 e. The SMILES string of the molecule is OB(O)c1c(F)ccc(-c2ccccc2)c1Cl. The molecule has 0 aromatic heterocycles. The van der Waals surface area contributed by atoms with Gasteiger partial charge >= 0.3 is 7.12 Å². The van der Waals surface area contributed by atoms with Crippen LogP contribution in [0.3, 0.4) is 0 Å². The summed E-state index contributed by atoms with van der Waals surface area (Å²) in [5.74, 6) is -0.732. The lowest BCUT2D eigenvalue weighted by molar-refractivity contribution is 0.423. The third-order valence-electron chi connectivity index (χ3n) is 2.47. The van der Waals surface area contributed by atoms with Crippen LogP contribution in [0.1, 0.15) is 0 Å². The topological polar surface area (TPSA) is 40.5 Å². The van der Waals surface area contributed by atoms with Gasteiger partial charge < -0.3 is 10.0 Å². The van der Waals surface area contributed by atoms with Crippen molar-refractivity contribution in [2.24, 2.45) is 0 Å². The fourth-order valence-electron chi connectivity index (χ4n) is 1.65. The van der Waals surface area contributed by atoms with Crippen LogP contribution in [0.15, 0.2) is 42.5 Å². The van der Waals surface area contributed by atoms with E-state index >= 15 is 0 Å². The highest BCUT2D eigenvalue weighted by atomic mass is 35.5. The Hall–Kier alpha value is -1.36. The van der Waals surface area contributed by atoms with Gasteiger partial charge in [0, 0.05) is 11.0 Å². The van der Waals surface area contributed by atoms with E-state index in [1.807, 2.05) is 30.3 Å². The third-order valence-corrected chi connectivity index (χ3v) is 2.88. The molecule has 2 aromatic carbocycles. The zero-order chi connectivity index (χ0) is 12.4. The maximum absolute atomic E-state index is 13.4. The minimum Gasteiger partial charge on any atom is -0.423 e. The van der Waals surface area contributed by atoms with Gasteiger partial charge in [0.1, 0.15) is 5.82 Å². The van der Waals surface area contributed by atoms with Crippen molar-refractivity contribution in [2.45, 2.75) is 0 Å². The first-order valence-electron chi connectivity index (χ1n) is 5.00. The summed E-state index contributed by atoms with van der Waals surface area (Å²) in [5.41, 5.74) is 1.06. The molecule has 0 radical (unpaired) electrons. The molecule has 2 rings (SSSR count). The second-order valence-electron chi connectivity index (χ2n) is 3.56. The van der Waals surface area contributed by atoms with Crippen molar-refractivity contribution in [3.05, 3.63) is 53.3 Å². The normalized spacial score (nSPS) is 10.4. The lowest BCUT2D eigenvalue weighted by atomic mass is 9.78. The Morgan fingerprint density at radius 1 is 1.00 bits per heavy atom.